The molecule has 10 heteroatoms. The van der Waals surface area contributed by atoms with Gasteiger partial charge in [-0.2, -0.15) is 0 Å². The van der Waals surface area contributed by atoms with Crippen LogP contribution in [0.2, 0.25) is 10.0 Å². The van der Waals surface area contributed by atoms with E-state index in [1.54, 1.807) is 13.0 Å². The van der Waals surface area contributed by atoms with Gasteiger partial charge in [-0.3, -0.25) is 14.4 Å². The van der Waals surface area contributed by atoms with Crippen LogP contribution in [-0.2, 0) is 19.1 Å². The van der Waals surface area contributed by atoms with Crippen molar-refractivity contribution >= 4 is 64.1 Å². The summed E-state index contributed by atoms with van der Waals surface area (Å²) in [7, 11) is 0. The molecule has 2 aromatic rings. The third-order valence-corrected chi connectivity index (χ3v) is 5.44. The molecule has 2 N–H and O–H groups in total. The van der Waals surface area contributed by atoms with Crippen molar-refractivity contribution in [1.82, 2.24) is 0 Å². The molecular weight excluding hydrogens is 454 g/mol. The standard InChI is InChI=1S/C20H19Cl2FN2O4S/c1-11(19(27)25-17-8-3-13(21)9-16(17)22)29-20(28)12(2)30-10-18(26)24-15-6-4-14(23)5-7-15/h3-9,11-12H,10H2,1-2H3,(H,24,26)(H,25,27)/t11-,12-/m1/s1. The van der Waals surface area contributed by atoms with Gasteiger partial charge in [0.15, 0.2) is 6.10 Å². The minimum Gasteiger partial charge on any atom is -0.452 e. The number of carbonyl (C=O) groups excluding carboxylic acids is 3. The van der Waals surface area contributed by atoms with Crippen LogP contribution < -0.4 is 10.6 Å². The number of carbonyl (C=O) groups is 3. The highest BCUT2D eigenvalue weighted by atomic mass is 35.5. The lowest BCUT2D eigenvalue weighted by molar-refractivity contribution is -0.152. The second kappa shape index (κ2) is 11.2. The summed E-state index contributed by atoms with van der Waals surface area (Å²) in [5.74, 6) is -1.97. The minimum absolute atomic E-state index is 0.0192. The maximum atomic E-state index is 12.9. The fourth-order valence-electron chi connectivity index (χ4n) is 2.15. The fraction of sp³-hybridized carbons (Fsp3) is 0.250. The molecule has 2 amide bonds. The molecule has 0 unspecified atom stereocenters. The zero-order chi connectivity index (χ0) is 22.3. The minimum atomic E-state index is -1.07. The van der Waals surface area contributed by atoms with Gasteiger partial charge in [0.2, 0.25) is 5.91 Å². The van der Waals surface area contributed by atoms with E-state index >= 15 is 0 Å². The summed E-state index contributed by atoms with van der Waals surface area (Å²) in [5, 5.41) is 5.15. The Balaban J connectivity index is 1.78. The van der Waals surface area contributed by atoms with Crippen LogP contribution in [0.25, 0.3) is 0 Å². The van der Waals surface area contributed by atoms with Crippen molar-refractivity contribution in [1.29, 1.82) is 0 Å². The summed E-state index contributed by atoms with van der Waals surface area (Å²) in [6.07, 6.45) is -1.07. The Kier molecular flexibility index (Phi) is 8.95. The summed E-state index contributed by atoms with van der Waals surface area (Å²) >= 11 is 12.9. The Bertz CT molecular complexity index is 928. The van der Waals surface area contributed by atoms with Gasteiger partial charge < -0.3 is 15.4 Å². The van der Waals surface area contributed by atoms with E-state index in [2.05, 4.69) is 10.6 Å². The number of hydrogen-bond acceptors (Lipinski definition) is 5. The Morgan fingerprint density at radius 1 is 1.07 bits per heavy atom. The molecule has 0 bridgehead atoms. The average molecular weight is 473 g/mol. The first kappa shape index (κ1) is 24.0. The van der Waals surface area contributed by atoms with Crippen LogP contribution in [0, 0.1) is 5.82 Å². The van der Waals surface area contributed by atoms with Crippen molar-refractivity contribution in [2.75, 3.05) is 16.4 Å². The van der Waals surface area contributed by atoms with Gasteiger partial charge >= 0.3 is 5.97 Å². The summed E-state index contributed by atoms with van der Waals surface area (Å²) < 4.78 is 18.0. The number of nitrogens with one attached hydrogen (secondary N) is 2. The number of rotatable bonds is 8. The Morgan fingerprint density at radius 2 is 1.73 bits per heavy atom. The molecule has 6 nitrogen and oxygen atoms in total. The van der Waals surface area contributed by atoms with Crippen LogP contribution in [0.4, 0.5) is 15.8 Å². The Morgan fingerprint density at radius 3 is 2.37 bits per heavy atom. The van der Waals surface area contributed by atoms with Crippen LogP contribution in [0.3, 0.4) is 0 Å². The van der Waals surface area contributed by atoms with E-state index in [-0.39, 0.29) is 16.7 Å². The normalized spacial score (nSPS) is 12.6. The molecule has 0 saturated carbocycles. The van der Waals surface area contributed by atoms with Crippen molar-refractivity contribution in [2.45, 2.75) is 25.2 Å². The molecule has 2 rings (SSSR count). The molecule has 0 aliphatic carbocycles. The molecule has 2 aromatic carbocycles. The molecule has 0 aliphatic rings. The van der Waals surface area contributed by atoms with Crippen molar-refractivity contribution in [3.8, 4) is 0 Å². The smallest absolute Gasteiger partial charge is 0.319 e. The third kappa shape index (κ3) is 7.51. The number of ether oxygens (including phenoxy) is 1. The summed E-state index contributed by atoms with van der Waals surface area (Å²) in [5.41, 5.74) is 0.789. The second-order valence-corrected chi connectivity index (χ2v) is 8.37. The van der Waals surface area contributed by atoms with Crippen LogP contribution >= 0.6 is 35.0 Å². The number of benzene rings is 2. The van der Waals surface area contributed by atoms with E-state index in [0.717, 1.165) is 11.8 Å². The van der Waals surface area contributed by atoms with Gasteiger partial charge in [0.1, 0.15) is 11.1 Å². The predicted molar refractivity (Wildman–Crippen MR) is 118 cm³/mol. The van der Waals surface area contributed by atoms with E-state index in [1.165, 1.54) is 43.3 Å². The van der Waals surface area contributed by atoms with Crippen molar-refractivity contribution in [3.05, 3.63) is 58.3 Å². The lowest BCUT2D eigenvalue weighted by Crippen LogP contribution is -2.33. The maximum absolute atomic E-state index is 12.9. The number of anilines is 2. The van der Waals surface area contributed by atoms with Crippen molar-refractivity contribution in [3.63, 3.8) is 0 Å². The van der Waals surface area contributed by atoms with E-state index in [1.807, 2.05) is 0 Å². The van der Waals surface area contributed by atoms with Gasteiger partial charge in [-0.1, -0.05) is 23.2 Å². The first-order chi connectivity index (χ1) is 14.2. The quantitative estimate of drug-likeness (QED) is 0.540. The van der Waals surface area contributed by atoms with Gasteiger partial charge in [-0.25, -0.2) is 4.39 Å². The topological polar surface area (TPSA) is 84.5 Å². The van der Waals surface area contributed by atoms with Gasteiger partial charge in [-0.05, 0) is 56.3 Å². The molecule has 0 spiro atoms. The van der Waals surface area contributed by atoms with Crippen LogP contribution in [0.15, 0.2) is 42.5 Å². The molecule has 0 saturated heterocycles. The Hall–Kier alpha value is -2.29. The molecule has 0 fully saturated rings. The zero-order valence-electron chi connectivity index (χ0n) is 16.1. The van der Waals surface area contributed by atoms with Gasteiger partial charge in [0.25, 0.3) is 5.91 Å². The number of amides is 2. The monoisotopic (exact) mass is 472 g/mol. The van der Waals surface area contributed by atoms with Gasteiger partial charge in [0, 0.05) is 10.7 Å². The molecule has 0 heterocycles. The largest absolute Gasteiger partial charge is 0.452 e. The van der Waals surface area contributed by atoms with E-state index in [0.29, 0.717) is 16.4 Å². The van der Waals surface area contributed by atoms with Crippen molar-refractivity contribution in [2.24, 2.45) is 0 Å². The molecule has 0 aliphatic heterocycles. The fourth-order valence-corrected chi connectivity index (χ4v) is 3.27. The first-order valence-corrected chi connectivity index (χ1v) is 10.6. The summed E-state index contributed by atoms with van der Waals surface area (Å²) in [4.78, 5) is 36.4. The molecule has 0 aromatic heterocycles. The molecule has 0 radical (unpaired) electrons. The maximum Gasteiger partial charge on any atom is 0.319 e. The summed E-state index contributed by atoms with van der Waals surface area (Å²) in [6.45, 7) is 2.99. The second-order valence-electron chi connectivity index (χ2n) is 6.20. The number of hydrogen-bond donors (Lipinski definition) is 2. The Labute approximate surface area is 187 Å². The lowest BCUT2D eigenvalue weighted by Gasteiger charge is -2.17. The number of thioether (sulfide) groups is 1. The number of halogens is 3. The SMILES string of the molecule is C[C@@H](OC(=O)[C@@H](C)SCC(=O)Nc1ccc(F)cc1)C(=O)Nc1ccc(Cl)cc1Cl. The molecule has 160 valence electrons. The number of esters is 1. The van der Waals surface area contributed by atoms with Gasteiger partial charge in [0.05, 0.1) is 16.5 Å². The first-order valence-electron chi connectivity index (χ1n) is 8.79. The zero-order valence-corrected chi connectivity index (χ0v) is 18.4. The highest BCUT2D eigenvalue weighted by Crippen LogP contribution is 2.25. The van der Waals surface area contributed by atoms with E-state index in [9.17, 15) is 18.8 Å². The highest BCUT2D eigenvalue weighted by Gasteiger charge is 2.23. The van der Waals surface area contributed by atoms with E-state index < -0.39 is 29.0 Å². The molecule has 30 heavy (non-hydrogen) atoms. The van der Waals surface area contributed by atoms with E-state index in [4.69, 9.17) is 27.9 Å². The summed E-state index contributed by atoms with van der Waals surface area (Å²) in [6, 6.07) is 9.90. The third-order valence-electron chi connectivity index (χ3n) is 3.78. The van der Waals surface area contributed by atoms with Gasteiger partial charge in [-0.15, -0.1) is 11.8 Å². The molecule has 2 atom stereocenters. The molecular formula is C20H19Cl2FN2O4S. The van der Waals surface area contributed by atoms with Crippen LogP contribution in [0.1, 0.15) is 13.8 Å². The lowest BCUT2D eigenvalue weighted by atomic mass is 10.3. The predicted octanol–water partition coefficient (Wildman–Crippen LogP) is 4.76. The highest BCUT2D eigenvalue weighted by molar-refractivity contribution is 8.01. The average Bonchev–Trinajstić information content (AvgIpc) is 2.69. The van der Waals surface area contributed by atoms with Crippen LogP contribution in [0.5, 0.6) is 0 Å². The van der Waals surface area contributed by atoms with Crippen LogP contribution in [-0.4, -0.2) is 34.9 Å². The van der Waals surface area contributed by atoms with Crippen molar-refractivity contribution < 1.29 is 23.5 Å².